The summed E-state index contributed by atoms with van der Waals surface area (Å²) < 4.78 is 25.5. The van der Waals surface area contributed by atoms with Gasteiger partial charge in [-0.25, -0.2) is 8.42 Å². The van der Waals surface area contributed by atoms with Crippen LogP contribution in [0.1, 0.15) is 37.0 Å². The maximum absolute atomic E-state index is 12.2. The number of nitrogens with zero attached hydrogens (tertiary/aromatic N) is 1. The van der Waals surface area contributed by atoms with Gasteiger partial charge in [0.05, 0.1) is 11.9 Å². The molecule has 1 aromatic carbocycles. The van der Waals surface area contributed by atoms with Crippen LogP contribution in [0.2, 0.25) is 0 Å². The molecule has 0 spiro atoms. The van der Waals surface area contributed by atoms with Crippen molar-refractivity contribution in [3.8, 4) is 0 Å². The van der Waals surface area contributed by atoms with Crippen LogP contribution in [0.5, 0.6) is 0 Å². The van der Waals surface area contributed by atoms with Crippen LogP contribution in [-0.4, -0.2) is 33.2 Å². The molecule has 1 rings (SSSR count). The van der Waals surface area contributed by atoms with Crippen LogP contribution in [0, 0.1) is 20.8 Å². The average Bonchev–Trinajstić information content (AvgIpc) is 2.34. The SMILES string of the molecule is CCC(C)NC(=O)CN(c1c(C)cc(C)cc1C)S(C)(=O)=O. The number of nitrogens with one attached hydrogen (secondary N) is 1. The molecule has 0 heterocycles. The molecule has 124 valence electrons. The zero-order chi connectivity index (χ0) is 17.1. The van der Waals surface area contributed by atoms with Gasteiger partial charge in [-0.05, 0) is 45.2 Å². The highest BCUT2D eigenvalue weighted by atomic mass is 32.2. The van der Waals surface area contributed by atoms with Crippen LogP contribution >= 0.6 is 0 Å². The monoisotopic (exact) mass is 326 g/mol. The average molecular weight is 326 g/mol. The van der Waals surface area contributed by atoms with Gasteiger partial charge in [-0.1, -0.05) is 24.6 Å². The lowest BCUT2D eigenvalue weighted by molar-refractivity contribution is -0.120. The number of hydrogen-bond donors (Lipinski definition) is 1. The van der Waals surface area contributed by atoms with Crippen molar-refractivity contribution in [1.29, 1.82) is 0 Å². The molecule has 0 fully saturated rings. The second kappa shape index (κ2) is 7.13. The number of hydrogen-bond acceptors (Lipinski definition) is 3. The quantitative estimate of drug-likeness (QED) is 0.872. The predicted octanol–water partition coefficient (Wildman–Crippen LogP) is 2.29. The molecule has 0 bridgehead atoms. The summed E-state index contributed by atoms with van der Waals surface area (Å²) >= 11 is 0. The highest BCUT2D eigenvalue weighted by Crippen LogP contribution is 2.28. The largest absolute Gasteiger partial charge is 0.352 e. The van der Waals surface area contributed by atoms with Crippen LogP contribution in [-0.2, 0) is 14.8 Å². The van der Waals surface area contributed by atoms with Gasteiger partial charge in [0.2, 0.25) is 15.9 Å². The van der Waals surface area contributed by atoms with Crippen LogP contribution in [0.25, 0.3) is 0 Å². The lowest BCUT2D eigenvalue weighted by Crippen LogP contribution is -2.43. The van der Waals surface area contributed by atoms with E-state index in [-0.39, 0.29) is 18.5 Å². The van der Waals surface area contributed by atoms with Crippen molar-refractivity contribution in [2.45, 2.75) is 47.1 Å². The van der Waals surface area contributed by atoms with Gasteiger partial charge in [-0.2, -0.15) is 0 Å². The van der Waals surface area contributed by atoms with E-state index in [0.717, 1.165) is 29.4 Å². The van der Waals surface area contributed by atoms with Gasteiger partial charge in [0.15, 0.2) is 0 Å². The number of rotatable bonds is 6. The van der Waals surface area contributed by atoms with Crippen molar-refractivity contribution < 1.29 is 13.2 Å². The Kier molecular flexibility index (Phi) is 6.00. The summed E-state index contributed by atoms with van der Waals surface area (Å²) in [6, 6.07) is 3.87. The van der Waals surface area contributed by atoms with E-state index in [0.29, 0.717) is 5.69 Å². The normalized spacial score (nSPS) is 12.8. The third kappa shape index (κ3) is 4.73. The second-order valence-corrected chi connectivity index (χ2v) is 7.80. The van der Waals surface area contributed by atoms with Crippen molar-refractivity contribution in [3.05, 3.63) is 28.8 Å². The van der Waals surface area contributed by atoms with Gasteiger partial charge >= 0.3 is 0 Å². The second-order valence-electron chi connectivity index (χ2n) is 5.89. The van der Waals surface area contributed by atoms with Crippen molar-refractivity contribution in [2.75, 3.05) is 17.1 Å². The molecule has 1 atom stereocenters. The Morgan fingerprint density at radius 1 is 1.23 bits per heavy atom. The van der Waals surface area contributed by atoms with Crippen molar-refractivity contribution >= 4 is 21.6 Å². The predicted molar refractivity (Wildman–Crippen MR) is 90.7 cm³/mol. The van der Waals surface area contributed by atoms with Gasteiger partial charge in [-0.15, -0.1) is 0 Å². The van der Waals surface area contributed by atoms with Crippen LogP contribution in [0.15, 0.2) is 12.1 Å². The molecule has 6 heteroatoms. The molecule has 0 aliphatic rings. The van der Waals surface area contributed by atoms with Crippen molar-refractivity contribution in [3.63, 3.8) is 0 Å². The summed E-state index contributed by atoms with van der Waals surface area (Å²) in [4.78, 5) is 12.1. The minimum Gasteiger partial charge on any atom is -0.352 e. The summed E-state index contributed by atoms with van der Waals surface area (Å²) in [6.07, 6.45) is 1.93. The van der Waals surface area contributed by atoms with E-state index in [2.05, 4.69) is 5.32 Å². The number of carbonyl (C=O) groups excluding carboxylic acids is 1. The van der Waals surface area contributed by atoms with E-state index in [1.165, 1.54) is 4.31 Å². The summed E-state index contributed by atoms with van der Waals surface area (Å²) in [5.74, 6) is -0.292. The zero-order valence-corrected chi connectivity index (χ0v) is 15.0. The van der Waals surface area contributed by atoms with Gasteiger partial charge in [0.1, 0.15) is 6.54 Å². The minimum absolute atomic E-state index is 0.0223. The first kappa shape index (κ1) is 18.5. The maximum Gasteiger partial charge on any atom is 0.240 e. The molecule has 0 aromatic heterocycles. The van der Waals surface area contributed by atoms with E-state index in [1.807, 2.05) is 46.8 Å². The molecule has 1 aromatic rings. The van der Waals surface area contributed by atoms with E-state index in [4.69, 9.17) is 0 Å². The highest BCUT2D eigenvalue weighted by Gasteiger charge is 2.24. The molecule has 0 saturated carbocycles. The number of aryl methyl sites for hydroxylation is 3. The topological polar surface area (TPSA) is 66.5 Å². The highest BCUT2D eigenvalue weighted by molar-refractivity contribution is 7.92. The molecule has 0 radical (unpaired) electrons. The summed E-state index contributed by atoms with van der Waals surface area (Å²) in [5.41, 5.74) is 3.35. The molecular formula is C16H26N2O3S. The molecule has 1 unspecified atom stereocenters. The van der Waals surface area contributed by atoms with Gasteiger partial charge in [0.25, 0.3) is 0 Å². The van der Waals surface area contributed by atoms with E-state index >= 15 is 0 Å². The van der Waals surface area contributed by atoms with Crippen molar-refractivity contribution in [2.24, 2.45) is 0 Å². The number of carbonyl (C=O) groups is 1. The Balaban J connectivity index is 3.19. The third-order valence-electron chi connectivity index (χ3n) is 3.59. The minimum atomic E-state index is -3.54. The van der Waals surface area contributed by atoms with Gasteiger partial charge in [0, 0.05) is 6.04 Å². The fourth-order valence-corrected chi connectivity index (χ4v) is 3.45. The Bertz CT molecular complexity index is 630. The van der Waals surface area contributed by atoms with E-state index in [1.54, 1.807) is 0 Å². The fraction of sp³-hybridized carbons (Fsp3) is 0.562. The van der Waals surface area contributed by atoms with Crippen molar-refractivity contribution in [1.82, 2.24) is 5.32 Å². The number of amides is 1. The molecular weight excluding hydrogens is 300 g/mol. The molecule has 0 aliphatic carbocycles. The molecule has 5 nitrogen and oxygen atoms in total. The molecule has 0 saturated heterocycles. The standard InChI is InChI=1S/C16H26N2O3S/c1-7-14(5)17-15(19)10-18(22(6,20)21)16-12(3)8-11(2)9-13(16)4/h8-9,14H,7,10H2,1-6H3,(H,17,19). The van der Waals surface area contributed by atoms with E-state index in [9.17, 15) is 13.2 Å². The molecule has 22 heavy (non-hydrogen) atoms. The Morgan fingerprint density at radius 2 is 1.73 bits per heavy atom. The Hall–Kier alpha value is -1.56. The number of anilines is 1. The van der Waals surface area contributed by atoms with Gasteiger partial charge < -0.3 is 5.32 Å². The maximum atomic E-state index is 12.2. The molecule has 0 aliphatic heterocycles. The smallest absolute Gasteiger partial charge is 0.240 e. The summed E-state index contributed by atoms with van der Waals surface area (Å²) in [6.45, 7) is 9.34. The van der Waals surface area contributed by atoms with Gasteiger partial charge in [-0.3, -0.25) is 9.10 Å². The lowest BCUT2D eigenvalue weighted by atomic mass is 10.1. The Labute approximate surface area is 133 Å². The van der Waals surface area contributed by atoms with Crippen LogP contribution < -0.4 is 9.62 Å². The summed E-state index contributed by atoms with van der Waals surface area (Å²) in [5, 5.41) is 2.81. The first-order valence-corrected chi connectivity index (χ1v) is 9.26. The first-order chi connectivity index (χ1) is 10.1. The third-order valence-corrected chi connectivity index (χ3v) is 4.70. The zero-order valence-electron chi connectivity index (χ0n) is 14.2. The number of sulfonamides is 1. The first-order valence-electron chi connectivity index (χ1n) is 7.41. The molecule has 1 amide bonds. The Morgan fingerprint density at radius 3 is 2.14 bits per heavy atom. The number of benzene rings is 1. The summed E-state index contributed by atoms with van der Waals surface area (Å²) in [7, 11) is -3.54. The van der Waals surface area contributed by atoms with Crippen LogP contribution in [0.4, 0.5) is 5.69 Å². The van der Waals surface area contributed by atoms with E-state index < -0.39 is 10.0 Å². The fourth-order valence-electron chi connectivity index (χ4n) is 2.48. The lowest BCUT2D eigenvalue weighted by Gasteiger charge is -2.26. The van der Waals surface area contributed by atoms with Crippen LogP contribution in [0.3, 0.4) is 0 Å². The molecule has 1 N–H and O–H groups in total.